The van der Waals surface area contributed by atoms with Crippen LogP contribution in [0.5, 0.6) is 5.75 Å². The number of nitrogens with zero attached hydrogens (tertiary/aromatic N) is 4. The van der Waals surface area contributed by atoms with Crippen LogP contribution in [-0.2, 0) is 13.8 Å². The van der Waals surface area contributed by atoms with E-state index in [2.05, 4.69) is 15.3 Å². The molecule has 1 aliphatic heterocycles. The van der Waals surface area contributed by atoms with Crippen LogP contribution >= 0.6 is 10.7 Å². The van der Waals surface area contributed by atoms with Crippen molar-refractivity contribution in [1.82, 2.24) is 0 Å². The number of azo groups is 1. The van der Waals surface area contributed by atoms with E-state index < -0.39 is 15.1 Å². The van der Waals surface area contributed by atoms with E-state index in [9.17, 15) is 13.2 Å². The molecule has 1 amide bonds. The smallest absolute Gasteiger partial charge is 0.280 e. The maximum Gasteiger partial charge on any atom is 0.280 e. The van der Waals surface area contributed by atoms with Crippen LogP contribution in [0.25, 0.3) is 0 Å². The largest absolute Gasteiger partial charge is 0.494 e. The third-order valence-corrected chi connectivity index (χ3v) is 5.16. The van der Waals surface area contributed by atoms with Crippen molar-refractivity contribution in [1.29, 1.82) is 0 Å². The molecule has 140 valence electrons. The minimum absolute atomic E-state index is 0.120. The Morgan fingerprint density at radius 1 is 1.19 bits per heavy atom. The monoisotopic (exact) mass is 406 g/mol. The Labute approximate surface area is 160 Å². The first kappa shape index (κ1) is 19.0. The van der Waals surface area contributed by atoms with Crippen molar-refractivity contribution in [3.05, 3.63) is 48.5 Å². The summed E-state index contributed by atoms with van der Waals surface area (Å²) in [5.41, 5.74) is 1.39. The molecule has 0 aromatic heterocycles. The summed E-state index contributed by atoms with van der Waals surface area (Å²) in [4.78, 5) is 12.5. The Bertz CT molecular complexity index is 1040. The lowest BCUT2D eigenvalue weighted by atomic mass is 10.2. The summed E-state index contributed by atoms with van der Waals surface area (Å²) in [5.74, 6) is -0.165. The Kier molecular flexibility index (Phi) is 5.24. The summed E-state index contributed by atoms with van der Waals surface area (Å²) in [5, 5.41) is 13.6. The van der Waals surface area contributed by atoms with Gasteiger partial charge >= 0.3 is 0 Å². The van der Waals surface area contributed by atoms with Crippen molar-refractivity contribution in [2.45, 2.75) is 17.9 Å². The predicted molar refractivity (Wildman–Crippen MR) is 101 cm³/mol. The number of halogens is 1. The van der Waals surface area contributed by atoms with E-state index in [0.29, 0.717) is 11.4 Å². The summed E-state index contributed by atoms with van der Waals surface area (Å²) < 4.78 is 28.0. The lowest BCUT2D eigenvalue weighted by Crippen LogP contribution is -2.29. The fourth-order valence-corrected chi connectivity index (χ4v) is 3.22. The van der Waals surface area contributed by atoms with Gasteiger partial charge in [0, 0.05) is 16.7 Å². The minimum atomic E-state index is -3.90. The first-order chi connectivity index (χ1) is 12.8. The van der Waals surface area contributed by atoms with Gasteiger partial charge in [0.2, 0.25) is 0 Å². The third kappa shape index (κ3) is 3.99. The number of anilines is 1. The molecule has 1 aliphatic rings. The molecule has 2 aromatic carbocycles. The van der Waals surface area contributed by atoms with Gasteiger partial charge in [-0.15, -0.1) is 0 Å². The van der Waals surface area contributed by atoms with Gasteiger partial charge in [0.05, 0.1) is 23.4 Å². The summed E-state index contributed by atoms with van der Waals surface area (Å²) in [6, 6.07) is 12.0. The highest BCUT2D eigenvalue weighted by molar-refractivity contribution is 8.13. The van der Waals surface area contributed by atoms with E-state index in [-0.39, 0.29) is 22.2 Å². The maximum absolute atomic E-state index is 12.6. The molecular formula is C17H15ClN4O4S. The highest BCUT2D eigenvalue weighted by atomic mass is 35.7. The molecule has 3 rings (SSSR count). The van der Waals surface area contributed by atoms with Crippen molar-refractivity contribution < 1.29 is 17.9 Å². The van der Waals surface area contributed by atoms with Crippen molar-refractivity contribution in [3.8, 4) is 5.75 Å². The van der Waals surface area contributed by atoms with Gasteiger partial charge in [0.15, 0.2) is 6.04 Å². The summed E-state index contributed by atoms with van der Waals surface area (Å²) in [6.07, 6.45) is 0. The summed E-state index contributed by atoms with van der Waals surface area (Å²) >= 11 is 0. The number of hydrogen-bond donors (Lipinski definition) is 0. The Hall–Kier alpha value is -2.78. The molecule has 27 heavy (non-hydrogen) atoms. The quantitative estimate of drug-likeness (QED) is 0.560. The number of rotatable bonds is 5. The Balaban J connectivity index is 1.86. The highest BCUT2D eigenvalue weighted by Gasteiger charge is 2.34. The second kappa shape index (κ2) is 7.45. The molecule has 0 fully saturated rings. The molecule has 1 heterocycles. The normalized spacial score (nSPS) is 17.4. The van der Waals surface area contributed by atoms with Gasteiger partial charge in [-0.2, -0.15) is 20.3 Å². The van der Waals surface area contributed by atoms with Gasteiger partial charge in [-0.3, -0.25) is 4.79 Å². The van der Waals surface area contributed by atoms with Crippen LogP contribution in [-0.4, -0.2) is 33.2 Å². The lowest BCUT2D eigenvalue weighted by Gasteiger charge is -2.12. The van der Waals surface area contributed by atoms with E-state index in [1.807, 2.05) is 6.07 Å². The minimum Gasteiger partial charge on any atom is -0.494 e. The van der Waals surface area contributed by atoms with Gasteiger partial charge in [-0.25, -0.2) is 8.42 Å². The van der Waals surface area contributed by atoms with Crippen LogP contribution in [0.4, 0.5) is 11.4 Å². The number of ether oxygens (including phenoxy) is 1. The van der Waals surface area contributed by atoms with E-state index in [4.69, 9.17) is 15.4 Å². The number of benzene rings is 2. The summed E-state index contributed by atoms with van der Waals surface area (Å²) in [7, 11) is 2.80. The molecule has 8 nitrogen and oxygen atoms in total. The molecule has 0 N–H and O–H groups in total. The lowest BCUT2D eigenvalue weighted by molar-refractivity contribution is -0.117. The van der Waals surface area contributed by atoms with Crippen LogP contribution in [0, 0.1) is 0 Å². The molecule has 0 saturated heterocycles. The number of methoxy groups -OCH3 is 1. The second-order valence-electron chi connectivity index (χ2n) is 5.62. The molecule has 0 saturated carbocycles. The van der Waals surface area contributed by atoms with Crippen LogP contribution < -0.4 is 9.75 Å². The van der Waals surface area contributed by atoms with E-state index in [0.717, 1.165) is 0 Å². The number of carbonyl (C=O) groups excluding carboxylic acids is 1. The number of para-hydroxylation sites is 1. The van der Waals surface area contributed by atoms with Crippen LogP contribution in [0.3, 0.4) is 0 Å². The molecule has 0 radical (unpaired) electrons. The molecular weight excluding hydrogens is 392 g/mol. The first-order valence-corrected chi connectivity index (χ1v) is 10.1. The zero-order chi connectivity index (χ0) is 19.6. The van der Waals surface area contributed by atoms with Crippen molar-refractivity contribution in [3.63, 3.8) is 0 Å². The third-order valence-electron chi connectivity index (χ3n) is 3.81. The fraction of sp³-hybridized carbons (Fsp3) is 0.176. The van der Waals surface area contributed by atoms with Crippen LogP contribution in [0.15, 0.2) is 68.8 Å². The number of hydrogen-bond acceptors (Lipinski definition) is 7. The molecule has 2 aromatic rings. The Morgan fingerprint density at radius 3 is 2.52 bits per heavy atom. The molecule has 0 bridgehead atoms. The van der Waals surface area contributed by atoms with E-state index in [1.54, 1.807) is 31.2 Å². The zero-order valence-corrected chi connectivity index (χ0v) is 16.0. The van der Waals surface area contributed by atoms with Gasteiger partial charge in [-0.1, -0.05) is 18.2 Å². The molecule has 1 atom stereocenters. The topological polar surface area (TPSA) is 101 Å². The van der Waals surface area contributed by atoms with Crippen LogP contribution in [0.1, 0.15) is 6.92 Å². The standard InChI is InChI=1S/C17H15ClN4O4S/c1-11-16(17(23)22(21-11)12-6-4-3-5-7-12)20-19-14-9-8-13(27(18,24)25)10-15(14)26-2/h3-10,16H,1-2H3. The predicted octanol–water partition coefficient (Wildman–Crippen LogP) is 3.50. The van der Waals surface area contributed by atoms with Crippen molar-refractivity contribution in [2.24, 2.45) is 15.3 Å². The van der Waals surface area contributed by atoms with Gasteiger partial charge < -0.3 is 4.74 Å². The Morgan fingerprint density at radius 2 is 1.89 bits per heavy atom. The zero-order valence-electron chi connectivity index (χ0n) is 14.4. The number of amides is 1. The highest BCUT2D eigenvalue weighted by Crippen LogP contribution is 2.32. The van der Waals surface area contributed by atoms with Crippen molar-refractivity contribution >= 4 is 42.7 Å². The first-order valence-electron chi connectivity index (χ1n) is 7.79. The van der Waals surface area contributed by atoms with Gasteiger partial charge in [-0.05, 0) is 31.2 Å². The van der Waals surface area contributed by atoms with E-state index >= 15 is 0 Å². The fourth-order valence-electron chi connectivity index (χ4n) is 2.46. The summed E-state index contributed by atoms with van der Waals surface area (Å²) in [6.45, 7) is 1.69. The SMILES string of the molecule is COc1cc(S(=O)(=O)Cl)ccc1N=NC1C(=O)N(c2ccccc2)N=C1C. The molecule has 0 spiro atoms. The van der Waals surface area contributed by atoms with Gasteiger partial charge in [0.25, 0.3) is 15.0 Å². The maximum atomic E-state index is 12.6. The average molecular weight is 407 g/mol. The van der Waals surface area contributed by atoms with Crippen LogP contribution in [0.2, 0.25) is 0 Å². The number of hydrazone groups is 1. The second-order valence-corrected chi connectivity index (χ2v) is 8.18. The van der Waals surface area contributed by atoms with Gasteiger partial charge in [0.1, 0.15) is 11.4 Å². The number of carbonyl (C=O) groups is 1. The molecule has 10 heteroatoms. The molecule has 1 unspecified atom stereocenters. The molecule has 0 aliphatic carbocycles. The van der Waals surface area contributed by atoms with Crippen molar-refractivity contribution in [2.75, 3.05) is 12.1 Å². The average Bonchev–Trinajstić information content (AvgIpc) is 2.93. The van der Waals surface area contributed by atoms with E-state index in [1.165, 1.54) is 30.3 Å².